The van der Waals surface area contributed by atoms with E-state index in [0.717, 1.165) is 40.9 Å². The van der Waals surface area contributed by atoms with Crippen LogP contribution in [0.25, 0.3) is 10.9 Å². The van der Waals surface area contributed by atoms with Crippen LogP contribution >= 0.6 is 24.0 Å². The molecule has 1 atom stereocenters. The highest BCUT2D eigenvalue weighted by Gasteiger charge is 2.29. The number of benzene rings is 1. The van der Waals surface area contributed by atoms with Gasteiger partial charge in [0.25, 0.3) is 0 Å². The van der Waals surface area contributed by atoms with E-state index in [1.165, 1.54) is 32.4 Å². The molecule has 0 N–H and O–H groups in total. The Hall–Kier alpha value is -1.03. The Morgan fingerprint density at radius 3 is 2.86 bits per heavy atom. The maximum absolute atomic E-state index is 6.04. The number of anilines is 1. The average molecular weight is 338 g/mol. The Morgan fingerprint density at radius 1 is 1.05 bits per heavy atom. The topological polar surface area (TPSA) is 19.4 Å². The number of piperazine rings is 1. The molecule has 2 aromatic rings. The fourth-order valence-electron chi connectivity index (χ4n) is 3.63. The Bertz CT molecular complexity index is 661. The first kappa shape index (κ1) is 15.9. The summed E-state index contributed by atoms with van der Waals surface area (Å²) in [6.07, 6.45) is 4.07. The quantitative estimate of drug-likeness (QED) is 0.784. The van der Waals surface area contributed by atoms with Crippen LogP contribution in [-0.4, -0.2) is 42.1 Å². The largest absolute Gasteiger partial charge is 0.354 e. The molecule has 0 bridgehead atoms. The number of hydrogen-bond donors (Lipinski definition) is 0. The summed E-state index contributed by atoms with van der Waals surface area (Å²) in [7, 11) is 0. The van der Waals surface area contributed by atoms with Crippen LogP contribution in [0.3, 0.4) is 0 Å². The maximum atomic E-state index is 6.04. The third kappa shape index (κ3) is 3.03. The van der Waals surface area contributed by atoms with Crippen molar-refractivity contribution in [2.45, 2.75) is 25.3 Å². The minimum Gasteiger partial charge on any atom is -0.354 e. The zero-order valence-electron chi connectivity index (χ0n) is 12.5. The number of hydrogen-bond acceptors (Lipinski definition) is 3. The van der Waals surface area contributed by atoms with E-state index >= 15 is 0 Å². The minimum absolute atomic E-state index is 0. The van der Waals surface area contributed by atoms with Gasteiger partial charge in [0.2, 0.25) is 0 Å². The lowest BCUT2D eigenvalue weighted by Crippen LogP contribution is -2.55. The second kappa shape index (κ2) is 6.61. The van der Waals surface area contributed by atoms with E-state index in [2.05, 4.69) is 21.9 Å². The van der Waals surface area contributed by atoms with E-state index in [4.69, 9.17) is 16.6 Å². The predicted molar refractivity (Wildman–Crippen MR) is 95.4 cm³/mol. The van der Waals surface area contributed by atoms with Crippen molar-refractivity contribution in [2.24, 2.45) is 0 Å². The number of piperidine rings is 1. The van der Waals surface area contributed by atoms with Crippen LogP contribution in [0.4, 0.5) is 5.82 Å². The summed E-state index contributed by atoms with van der Waals surface area (Å²) in [5, 5.41) is 1.88. The molecule has 2 aliphatic rings. The van der Waals surface area contributed by atoms with Gasteiger partial charge >= 0.3 is 0 Å². The van der Waals surface area contributed by atoms with E-state index in [9.17, 15) is 0 Å². The van der Waals surface area contributed by atoms with Gasteiger partial charge in [-0.1, -0.05) is 18.0 Å². The van der Waals surface area contributed by atoms with Crippen molar-refractivity contribution < 1.29 is 0 Å². The van der Waals surface area contributed by atoms with Crippen molar-refractivity contribution in [1.82, 2.24) is 9.88 Å². The Morgan fingerprint density at radius 2 is 1.95 bits per heavy atom. The molecule has 0 saturated carbocycles. The molecule has 3 nitrogen and oxygen atoms in total. The van der Waals surface area contributed by atoms with Crippen molar-refractivity contribution >= 4 is 40.7 Å². The lowest BCUT2D eigenvalue weighted by atomic mass is 9.99. The van der Waals surface area contributed by atoms with Crippen molar-refractivity contribution in [1.29, 1.82) is 0 Å². The highest BCUT2D eigenvalue weighted by molar-refractivity contribution is 6.31. The van der Waals surface area contributed by atoms with Gasteiger partial charge in [0.15, 0.2) is 0 Å². The Balaban J connectivity index is 0.00000144. The van der Waals surface area contributed by atoms with Crippen LogP contribution in [-0.2, 0) is 0 Å². The first-order chi connectivity index (χ1) is 10.3. The van der Waals surface area contributed by atoms with Crippen LogP contribution < -0.4 is 4.90 Å². The molecule has 1 aromatic heterocycles. The van der Waals surface area contributed by atoms with Gasteiger partial charge in [0.1, 0.15) is 5.82 Å². The van der Waals surface area contributed by atoms with Crippen molar-refractivity contribution in [3.8, 4) is 0 Å². The molecular weight excluding hydrogens is 317 g/mol. The molecule has 0 radical (unpaired) electrons. The lowest BCUT2D eigenvalue weighted by molar-refractivity contribution is 0.133. The zero-order valence-corrected chi connectivity index (χ0v) is 14.1. The molecule has 0 aliphatic carbocycles. The van der Waals surface area contributed by atoms with E-state index in [-0.39, 0.29) is 12.4 Å². The summed E-state index contributed by atoms with van der Waals surface area (Å²) in [6.45, 7) is 4.65. The van der Waals surface area contributed by atoms with E-state index < -0.39 is 0 Å². The van der Waals surface area contributed by atoms with Crippen molar-refractivity contribution in [2.75, 3.05) is 31.1 Å². The van der Waals surface area contributed by atoms with Crippen LogP contribution in [0.1, 0.15) is 19.3 Å². The van der Waals surface area contributed by atoms with E-state index in [1.54, 1.807) is 0 Å². The molecule has 0 amide bonds. The predicted octanol–water partition coefficient (Wildman–Crippen LogP) is 3.98. The summed E-state index contributed by atoms with van der Waals surface area (Å²) >= 11 is 6.04. The smallest absolute Gasteiger partial charge is 0.129 e. The Labute approximate surface area is 142 Å². The van der Waals surface area contributed by atoms with Gasteiger partial charge in [0, 0.05) is 36.1 Å². The summed E-state index contributed by atoms with van der Waals surface area (Å²) in [5.41, 5.74) is 1.03. The van der Waals surface area contributed by atoms with Crippen molar-refractivity contribution in [3.63, 3.8) is 0 Å². The standard InChI is InChI=1S/C17H20ClN3.ClH/c18-14-5-6-16-13(11-14)4-7-17(19-16)21-10-9-20-8-2-1-3-15(20)12-21;/h4-7,11,15H,1-3,8-10,12H2;1H/t15-;/m1./s1. The number of aromatic nitrogens is 1. The summed E-state index contributed by atoms with van der Waals surface area (Å²) in [6, 6.07) is 10.9. The molecule has 3 heterocycles. The first-order valence-corrected chi connectivity index (χ1v) is 8.23. The van der Waals surface area contributed by atoms with E-state index in [0.29, 0.717) is 0 Å². The minimum atomic E-state index is 0. The summed E-state index contributed by atoms with van der Waals surface area (Å²) in [5.74, 6) is 1.11. The molecule has 118 valence electrons. The van der Waals surface area contributed by atoms with Crippen LogP contribution in [0.5, 0.6) is 0 Å². The molecule has 1 aromatic carbocycles. The first-order valence-electron chi connectivity index (χ1n) is 7.85. The van der Waals surface area contributed by atoms with Gasteiger partial charge in [-0.2, -0.15) is 0 Å². The van der Waals surface area contributed by atoms with Gasteiger partial charge in [-0.15, -0.1) is 12.4 Å². The number of halogens is 2. The van der Waals surface area contributed by atoms with Crippen LogP contribution in [0.15, 0.2) is 30.3 Å². The molecule has 2 saturated heterocycles. The lowest BCUT2D eigenvalue weighted by Gasteiger charge is -2.44. The number of rotatable bonds is 1. The maximum Gasteiger partial charge on any atom is 0.129 e. The highest BCUT2D eigenvalue weighted by Crippen LogP contribution is 2.26. The third-order valence-electron chi connectivity index (χ3n) is 4.80. The number of fused-ring (bicyclic) bond motifs is 2. The molecule has 22 heavy (non-hydrogen) atoms. The monoisotopic (exact) mass is 337 g/mol. The van der Waals surface area contributed by atoms with Gasteiger partial charge in [-0.05, 0) is 49.7 Å². The Kier molecular flexibility index (Phi) is 4.76. The fourth-order valence-corrected chi connectivity index (χ4v) is 3.81. The fraction of sp³-hybridized carbons (Fsp3) is 0.471. The number of nitrogens with zero attached hydrogens (tertiary/aromatic N) is 3. The third-order valence-corrected chi connectivity index (χ3v) is 5.03. The average Bonchev–Trinajstić information content (AvgIpc) is 2.54. The summed E-state index contributed by atoms with van der Waals surface area (Å²) in [4.78, 5) is 9.92. The second-order valence-electron chi connectivity index (χ2n) is 6.14. The molecule has 2 aliphatic heterocycles. The molecular formula is C17H21Cl2N3. The molecule has 2 fully saturated rings. The SMILES string of the molecule is Cl.Clc1ccc2nc(N3CCN4CCCC[C@@H]4C3)ccc2c1. The van der Waals surface area contributed by atoms with Gasteiger partial charge < -0.3 is 4.90 Å². The van der Waals surface area contributed by atoms with Crippen LogP contribution in [0, 0.1) is 0 Å². The van der Waals surface area contributed by atoms with Gasteiger partial charge in [-0.3, -0.25) is 4.90 Å². The summed E-state index contributed by atoms with van der Waals surface area (Å²) < 4.78 is 0. The molecule has 0 unspecified atom stereocenters. The van der Waals surface area contributed by atoms with E-state index in [1.807, 2.05) is 18.2 Å². The van der Waals surface area contributed by atoms with Crippen LogP contribution in [0.2, 0.25) is 5.02 Å². The second-order valence-corrected chi connectivity index (χ2v) is 6.57. The molecule has 0 spiro atoms. The zero-order chi connectivity index (χ0) is 14.2. The van der Waals surface area contributed by atoms with Gasteiger partial charge in [-0.25, -0.2) is 4.98 Å². The molecule has 4 rings (SSSR count). The van der Waals surface area contributed by atoms with Gasteiger partial charge in [0.05, 0.1) is 5.52 Å². The normalized spacial score (nSPS) is 22.2. The van der Waals surface area contributed by atoms with Crippen molar-refractivity contribution in [3.05, 3.63) is 35.4 Å². The highest BCUT2D eigenvalue weighted by atomic mass is 35.5. The molecule has 5 heteroatoms. The number of pyridine rings is 1.